The summed E-state index contributed by atoms with van der Waals surface area (Å²) >= 11 is 0. The number of amides is 1. The minimum absolute atomic E-state index is 0.322. The lowest BCUT2D eigenvalue weighted by atomic mass is 10.1. The Hall–Kier alpha value is -0.620. The van der Waals surface area contributed by atoms with Crippen LogP contribution in [0.15, 0.2) is 0 Å². The van der Waals surface area contributed by atoms with Gasteiger partial charge in [-0.05, 0) is 12.8 Å². The van der Waals surface area contributed by atoms with Crippen molar-refractivity contribution in [2.24, 2.45) is 0 Å². The Balaban J connectivity index is 2.51. The third-order valence-electron chi connectivity index (χ3n) is 2.54. The van der Waals surface area contributed by atoms with Gasteiger partial charge in [-0.25, -0.2) is 8.42 Å². The molecule has 0 aromatic heterocycles. The van der Waals surface area contributed by atoms with Crippen molar-refractivity contribution in [3.63, 3.8) is 0 Å². The van der Waals surface area contributed by atoms with Gasteiger partial charge in [-0.3, -0.25) is 4.79 Å². The van der Waals surface area contributed by atoms with Crippen molar-refractivity contribution < 1.29 is 18.3 Å². The molecule has 0 atom stereocenters. The highest BCUT2D eigenvalue weighted by Crippen LogP contribution is 2.16. The first kappa shape index (κ1) is 11.5. The average molecular weight is 221 g/mol. The van der Waals surface area contributed by atoms with E-state index in [9.17, 15) is 13.2 Å². The maximum atomic E-state index is 11.2. The first-order valence-corrected chi connectivity index (χ1v) is 6.48. The van der Waals surface area contributed by atoms with E-state index in [1.54, 1.807) is 0 Å². The second-order valence-corrected chi connectivity index (χ2v) is 5.89. The summed E-state index contributed by atoms with van der Waals surface area (Å²) in [6, 6.07) is 0. The van der Waals surface area contributed by atoms with Gasteiger partial charge in [-0.1, -0.05) is 0 Å². The quantitative estimate of drug-likeness (QED) is 0.650. The molecule has 1 rings (SSSR count). The highest BCUT2D eigenvalue weighted by atomic mass is 32.2. The topological polar surface area (TPSA) is 74.7 Å². The largest absolute Gasteiger partial charge is 0.387 e. The Morgan fingerprint density at radius 2 is 1.93 bits per heavy atom. The van der Waals surface area contributed by atoms with Crippen LogP contribution in [0.1, 0.15) is 12.8 Å². The number of carbonyl (C=O) groups excluding carboxylic acids is 1. The molecule has 1 amide bonds. The molecule has 0 saturated carbocycles. The lowest BCUT2D eigenvalue weighted by molar-refractivity contribution is -0.134. The van der Waals surface area contributed by atoms with Crippen LogP contribution in [-0.4, -0.2) is 55.5 Å². The molecule has 0 bridgehead atoms. The Morgan fingerprint density at radius 1 is 1.43 bits per heavy atom. The molecule has 1 aliphatic rings. The molecular weight excluding hydrogens is 206 g/mol. The first-order valence-electron chi connectivity index (χ1n) is 4.52. The van der Waals surface area contributed by atoms with Gasteiger partial charge >= 0.3 is 0 Å². The number of piperidine rings is 1. The smallest absolute Gasteiger partial charge is 0.248 e. The Labute approximate surface area is 83.6 Å². The van der Waals surface area contributed by atoms with E-state index in [2.05, 4.69) is 0 Å². The van der Waals surface area contributed by atoms with Crippen molar-refractivity contribution in [2.45, 2.75) is 18.1 Å². The van der Waals surface area contributed by atoms with Crippen LogP contribution in [0, 0.1) is 0 Å². The summed E-state index contributed by atoms with van der Waals surface area (Å²) in [5.41, 5.74) is 0. The van der Waals surface area contributed by atoms with Gasteiger partial charge in [-0.2, -0.15) is 0 Å². The maximum absolute atomic E-state index is 11.2. The zero-order valence-corrected chi connectivity index (χ0v) is 8.96. The standard InChI is InChI=1S/C8H15NO4S/c1-14(12,13)7-2-4-9(5-3-7)8(11)6-10/h7,10H,2-6H2,1H3. The predicted molar refractivity (Wildman–Crippen MR) is 51.5 cm³/mol. The monoisotopic (exact) mass is 221 g/mol. The summed E-state index contributed by atoms with van der Waals surface area (Å²) in [6.45, 7) is 0.359. The van der Waals surface area contributed by atoms with E-state index in [0.717, 1.165) is 0 Å². The van der Waals surface area contributed by atoms with Gasteiger partial charge in [0.2, 0.25) is 5.91 Å². The number of likely N-dealkylation sites (tertiary alicyclic amines) is 1. The van der Waals surface area contributed by atoms with Crippen LogP contribution < -0.4 is 0 Å². The molecule has 1 fully saturated rings. The molecule has 5 nitrogen and oxygen atoms in total. The summed E-state index contributed by atoms with van der Waals surface area (Å²) in [5.74, 6) is -0.322. The number of aliphatic hydroxyl groups excluding tert-OH is 1. The highest BCUT2D eigenvalue weighted by molar-refractivity contribution is 7.91. The molecule has 0 aliphatic carbocycles. The Kier molecular flexibility index (Phi) is 3.49. The average Bonchev–Trinajstić information content (AvgIpc) is 2.15. The fourth-order valence-electron chi connectivity index (χ4n) is 1.63. The van der Waals surface area contributed by atoms with E-state index in [4.69, 9.17) is 5.11 Å². The number of rotatable bonds is 2. The van der Waals surface area contributed by atoms with E-state index >= 15 is 0 Å². The Morgan fingerprint density at radius 3 is 2.29 bits per heavy atom. The summed E-state index contributed by atoms with van der Waals surface area (Å²) in [6.07, 6.45) is 2.18. The van der Waals surface area contributed by atoms with Crippen molar-refractivity contribution >= 4 is 15.7 Å². The van der Waals surface area contributed by atoms with Crippen LogP contribution in [0.2, 0.25) is 0 Å². The van der Waals surface area contributed by atoms with Gasteiger partial charge in [-0.15, -0.1) is 0 Å². The maximum Gasteiger partial charge on any atom is 0.248 e. The number of nitrogens with zero attached hydrogens (tertiary/aromatic N) is 1. The van der Waals surface area contributed by atoms with Crippen LogP contribution in [0.5, 0.6) is 0 Å². The molecule has 0 aromatic rings. The zero-order chi connectivity index (χ0) is 10.8. The van der Waals surface area contributed by atoms with E-state index in [0.29, 0.717) is 25.9 Å². The number of carbonyl (C=O) groups is 1. The number of aliphatic hydroxyl groups is 1. The fraction of sp³-hybridized carbons (Fsp3) is 0.875. The van der Waals surface area contributed by atoms with Gasteiger partial charge in [0.25, 0.3) is 0 Å². The third-order valence-corrected chi connectivity index (χ3v) is 4.22. The molecule has 14 heavy (non-hydrogen) atoms. The molecule has 1 saturated heterocycles. The molecular formula is C8H15NO4S. The van der Waals surface area contributed by atoms with E-state index < -0.39 is 16.4 Å². The molecule has 0 radical (unpaired) electrons. The highest BCUT2D eigenvalue weighted by Gasteiger charge is 2.28. The van der Waals surface area contributed by atoms with Gasteiger partial charge in [0.1, 0.15) is 16.4 Å². The molecule has 0 unspecified atom stereocenters. The van der Waals surface area contributed by atoms with E-state index in [1.165, 1.54) is 11.2 Å². The fourth-order valence-corrected chi connectivity index (χ4v) is 2.70. The van der Waals surface area contributed by atoms with Crippen molar-refractivity contribution in [1.82, 2.24) is 4.90 Å². The van der Waals surface area contributed by atoms with Crippen LogP contribution in [0.3, 0.4) is 0 Å². The van der Waals surface area contributed by atoms with Gasteiger partial charge in [0.05, 0.1) is 5.25 Å². The van der Waals surface area contributed by atoms with E-state index in [1.807, 2.05) is 0 Å². The summed E-state index contributed by atoms with van der Waals surface area (Å²) in [7, 11) is -2.98. The van der Waals surface area contributed by atoms with Crippen LogP contribution in [0.4, 0.5) is 0 Å². The SMILES string of the molecule is CS(=O)(=O)C1CCN(C(=O)CO)CC1. The molecule has 6 heteroatoms. The first-order chi connectivity index (χ1) is 6.45. The molecule has 1 aliphatic heterocycles. The molecule has 82 valence electrons. The van der Waals surface area contributed by atoms with Gasteiger partial charge in [0, 0.05) is 19.3 Å². The minimum Gasteiger partial charge on any atom is -0.387 e. The lowest BCUT2D eigenvalue weighted by Crippen LogP contribution is -2.43. The van der Waals surface area contributed by atoms with Crippen LogP contribution in [-0.2, 0) is 14.6 Å². The Bertz CT molecular complexity index is 303. The molecule has 0 aromatic carbocycles. The normalized spacial score (nSPS) is 19.7. The van der Waals surface area contributed by atoms with E-state index in [-0.39, 0.29) is 11.2 Å². The molecule has 0 spiro atoms. The summed E-state index contributed by atoms with van der Waals surface area (Å²) in [4.78, 5) is 12.6. The number of hydrogen-bond acceptors (Lipinski definition) is 4. The lowest BCUT2D eigenvalue weighted by Gasteiger charge is -2.30. The van der Waals surface area contributed by atoms with Crippen LogP contribution >= 0.6 is 0 Å². The third kappa shape index (κ3) is 2.68. The van der Waals surface area contributed by atoms with Crippen molar-refractivity contribution in [2.75, 3.05) is 26.0 Å². The summed E-state index contributed by atoms with van der Waals surface area (Å²) < 4.78 is 22.4. The van der Waals surface area contributed by atoms with Gasteiger partial charge in [0.15, 0.2) is 0 Å². The molecule has 1 N–H and O–H groups in total. The zero-order valence-electron chi connectivity index (χ0n) is 8.14. The van der Waals surface area contributed by atoms with Gasteiger partial charge < -0.3 is 10.0 Å². The number of sulfone groups is 1. The second kappa shape index (κ2) is 4.27. The van der Waals surface area contributed by atoms with Crippen LogP contribution in [0.25, 0.3) is 0 Å². The second-order valence-electron chi connectivity index (χ2n) is 3.57. The number of hydrogen-bond donors (Lipinski definition) is 1. The minimum atomic E-state index is -2.98. The summed E-state index contributed by atoms with van der Waals surface area (Å²) in [5, 5.41) is 8.27. The van der Waals surface area contributed by atoms with Crippen molar-refractivity contribution in [3.05, 3.63) is 0 Å². The van der Waals surface area contributed by atoms with Crippen molar-refractivity contribution in [3.8, 4) is 0 Å². The predicted octanol–water partition coefficient (Wildman–Crippen LogP) is -0.986. The van der Waals surface area contributed by atoms with Crippen molar-refractivity contribution in [1.29, 1.82) is 0 Å². The molecule has 1 heterocycles.